The van der Waals surface area contributed by atoms with Crippen molar-refractivity contribution in [3.8, 4) is 0 Å². The Morgan fingerprint density at radius 3 is 2.33 bits per heavy atom. The Bertz CT molecular complexity index is 615. The SMILES string of the molecule is CCNC(=NCCN1CCN(C(C)=O)CC1)NCCc1cc(C)cc(C)c1. The van der Waals surface area contributed by atoms with E-state index < -0.39 is 0 Å². The van der Waals surface area contributed by atoms with Crippen LogP contribution in [0.5, 0.6) is 0 Å². The number of benzene rings is 1. The molecule has 0 aromatic heterocycles. The van der Waals surface area contributed by atoms with Gasteiger partial charge in [-0.15, -0.1) is 0 Å². The normalized spacial score (nSPS) is 15.7. The number of carbonyl (C=O) groups excluding carboxylic acids is 1. The first-order valence-electron chi connectivity index (χ1n) is 10.0. The quantitative estimate of drug-likeness (QED) is 0.563. The molecule has 1 aliphatic heterocycles. The Kier molecular flexibility index (Phi) is 8.58. The van der Waals surface area contributed by atoms with Crippen molar-refractivity contribution >= 4 is 11.9 Å². The maximum atomic E-state index is 11.4. The first kappa shape index (κ1) is 21.2. The summed E-state index contributed by atoms with van der Waals surface area (Å²) in [6.45, 7) is 15.0. The number of nitrogens with zero attached hydrogens (tertiary/aromatic N) is 3. The van der Waals surface area contributed by atoms with Gasteiger partial charge in [0.05, 0.1) is 6.54 Å². The number of rotatable bonds is 7. The number of piperazine rings is 1. The summed E-state index contributed by atoms with van der Waals surface area (Å²) in [5.41, 5.74) is 3.99. The number of guanidine groups is 1. The Hall–Kier alpha value is -2.08. The van der Waals surface area contributed by atoms with Crippen LogP contribution in [0.1, 0.15) is 30.5 Å². The van der Waals surface area contributed by atoms with E-state index in [0.717, 1.165) is 64.7 Å². The van der Waals surface area contributed by atoms with Gasteiger partial charge in [-0.05, 0) is 32.8 Å². The van der Waals surface area contributed by atoms with E-state index in [1.165, 1.54) is 16.7 Å². The van der Waals surface area contributed by atoms with Gasteiger partial charge in [0.1, 0.15) is 0 Å². The van der Waals surface area contributed by atoms with Gasteiger partial charge in [0.2, 0.25) is 5.91 Å². The lowest BCUT2D eigenvalue weighted by atomic mass is 10.1. The van der Waals surface area contributed by atoms with Crippen LogP contribution in [-0.4, -0.2) is 74.0 Å². The molecule has 0 aliphatic carbocycles. The average molecular weight is 374 g/mol. The van der Waals surface area contributed by atoms with E-state index in [1.54, 1.807) is 6.92 Å². The molecule has 1 heterocycles. The fourth-order valence-electron chi connectivity index (χ4n) is 3.47. The fourth-order valence-corrected chi connectivity index (χ4v) is 3.47. The van der Waals surface area contributed by atoms with E-state index >= 15 is 0 Å². The highest BCUT2D eigenvalue weighted by Crippen LogP contribution is 2.09. The Morgan fingerprint density at radius 1 is 1.07 bits per heavy atom. The molecule has 2 N–H and O–H groups in total. The highest BCUT2D eigenvalue weighted by atomic mass is 16.2. The van der Waals surface area contributed by atoms with Gasteiger partial charge in [0.15, 0.2) is 5.96 Å². The average Bonchev–Trinajstić information content (AvgIpc) is 2.61. The van der Waals surface area contributed by atoms with Crippen LogP contribution in [0, 0.1) is 13.8 Å². The maximum Gasteiger partial charge on any atom is 0.219 e. The van der Waals surface area contributed by atoms with Crippen LogP contribution in [-0.2, 0) is 11.2 Å². The van der Waals surface area contributed by atoms with Gasteiger partial charge in [-0.25, -0.2) is 0 Å². The van der Waals surface area contributed by atoms with Gasteiger partial charge in [-0.2, -0.15) is 0 Å². The zero-order valence-corrected chi connectivity index (χ0v) is 17.3. The van der Waals surface area contributed by atoms with Crippen molar-refractivity contribution in [2.75, 3.05) is 52.4 Å². The standard InChI is InChI=1S/C21H35N5O/c1-5-22-21(23-7-6-20-15-17(2)14-18(3)16-20)24-8-9-25-10-12-26(13-11-25)19(4)27/h14-16H,5-13H2,1-4H3,(H2,22,23,24). The smallest absolute Gasteiger partial charge is 0.219 e. The molecule has 2 rings (SSSR count). The van der Waals surface area contributed by atoms with Gasteiger partial charge >= 0.3 is 0 Å². The summed E-state index contributed by atoms with van der Waals surface area (Å²) in [6, 6.07) is 6.71. The highest BCUT2D eigenvalue weighted by Gasteiger charge is 2.17. The Balaban J connectivity index is 1.74. The van der Waals surface area contributed by atoms with Gasteiger partial charge in [-0.3, -0.25) is 14.7 Å². The number of aliphatic imine (C=N–C) groups is 1. The second-order valence-corrected chi connectivity index (χ2v) is 7.28. The molecule has 0 radical (unpaired) electrons. The van der Waals surface area contributed by atoms with E-state index in [2.05, 4.69) is 54.5 Å². The molecule has 27 heavy (non-hydrogen) atoms. The molecule has 1 fully saturated rings. The first-order valence-corrected chi connectivity index (χ1v) is 10.0. The lowest BCUT2D eigenvalue weighted by Crippen LogP contribution is -2.48. The van der Waals surface area contributed by atoms with Crippen molar-refractivity contribution in [1.82, 2.24) is 20.4 Å². The van der Waals surface area contributed by atoms with Gasteiger partial charge in [-0.1, -0.05) is 29.3 Å². The largest absolute Gasteiger partial charge is 0.357 e. The number of amides is 1. The second-order valence-electron chi connectivity index (χ2n) is 7.28. The van der Waals surface area contributed by atoms with Crippen LogP contribution in [0.25, 0.3) is 0 Å². The molecule has 6 nitrogen and oxygen atoms in total. The van der Waals surface area contributed by atoms with Crippen molar-refractivity contribution < 1.29 is 4.79 Å². The summed E-state index contributed by atoms with van der Waals surface area (Å²) in [5.74, 6) is 1.05. The van der Waals surface area contributed by atoms with Crippen LogP contribution < -0.4 is 10.6 Å². The predicted molar refractivity (Wildman–Crippen MR) is 112 cm³/mol. The fraction of sp³-hybridized carbons (Fsp3) is 0.619. The van der Waals surface area contributed by atoms with Gasteiger partial charge < -0.3 is 15.5 Å². The van der Waals surface area contributed by atoms with Crippen molar-refractivity contribution in [2.24, 2.45) is 4.99 Å². The summed E-state index contributed by atoms with van der Waals surface area (Å²) in [6.07, 6.45) is 0.986. The van der Waals surface area contributed by atoms with Crippen LogP contribution >= 0.6 is 0 Å². The number of aryl methyl sites for hydroxylation is 2. The topological polar surface area (TPSA) is 60.0 Å². The summed E-state index contributed by atoms with van der Waals surface area (Å²) >= 11 is 0. The first-order chi connectivity index (χ1) is 13.0. The van der Waals surface area contributed by atoms with E-state index in [1.807, 2.05) is 4.90 Å². The molecule has 6 heteroatoms. The third-order valence-corrected chi connectivity index (χ3v) is 4.84. The monoisotopic (exact) mass is 373 g/mol. The summed E-state index contributed by atoms with van der Waals surface area (Å²) in [7, 11) is 0. The molecular formula is C21H35N5O. The Labute approximate surface area is 164 Å². The number of hydrogen-bond donors (Lipinski definition) is 2. The van der Waals surface area contributed by atoms with E-state index in [-0.39, 0.29) is 5.91 Å². The van der Waals surface area contributed by atoms with E-state index in [9.17, 15) is 4.79 Å². The molecular weight excluding hydrogens is 338 g/mol. The van der Waals surface area contributed by atoms with Crippen LogP contribution in [0.15, 0.2) is 23.2 Å². The summed E-state index contributed by atoms with van der Waals surface area (Å²) in [4.78, 5) is 20.4. The minimum Gasteiger partial charge on any atom is -0.357 e. The number of nitrogens with one attached hydrogen (secondary N) is 2. The molecule has 1 saturated heterocycles. The lowest BCUT2D eigenvalue weighted by molar-refractivity contribution is -0.130. The molecule has 0 unspecified atom stereocenters. The van der Waals surface area contributed by atoms with Crippen molar-refractivity contribution in [3.05, 3.63) is 34.9 Å². The Morgan fingerprint density at radius 2 is 1.74 bits per heavy atom. The van der Waals surface area contributed by atoms with E-state index in [0.29, 0.717) is 0 Å². The molecule has 150 valence electrons. The second kappa shape index (κ2) is 10.9. The molecule has 0 atom stereocenters. The number of carbonyl (C=O) groups is 1. The van der Waals surface area contributed by atoms with Crippen LogP contribution in [0.2, 0.25) is 0 Å². The lowest BCUT2D eigenvalue weighted by Gasteiger charge is -2.33. The van der Waals surface area contributed by atoms with Gasteiger partial charge in [0.25, 0.3) is 0 Å². The van der Waals surface area contributed by atoms with E-state index in [4.69, 9.17) is 4.99 Å². The van der Waals surface area contributed by atoms with Crippen LogP contribution in [0.3, 0.4) is 0 Å². The maximum absolute atomic E-state index is 11.4. The predicted octanol–water partition coefficient (Wildman–Crippen LogP) is 1.57. The summed E-state index contributed by atoms with van der Waals surface area (Å²) in [5, 5.41) is 6.75. The molecule has 1 amide bonds. The molecule has 0 saturated carbocycles. The third kappa shape index (κ3) is 7.59. The highest BCUT2D eigenvalue weighted by molar-refractivity contribution is 5.79. The van der Waals surface area contributed by atoms with Crippen molar-refractivity contribution in [1.29, 1.82) is 0 Å². The minimum atomic E-state index is 0.176. The molecule has 1 aromatic carbocycles. The van der Waals surface area contributed by atoms with Crippen molar-refractivity contribution in [2.45, 2.75) is 34.1 Å². The molecule has 1 aliphatic rings. The molecule has 0 spiro atoms. The minimum absolute atomic E-state index is 0.176. The number of hydrogen-bond acceptors (Lipinski definition) is 3. The zero-order valence-electron chi connectivity index (χ0n) is 17.3. The summed E-state index contributed by atoms with van der Waals surface area (Å²) < 4.78 is 0. The molecule has 0 bridgehead atoms. The third-order valence-electron chi connectivity index (χ3n) is 4.84. The van der Waals surface area contributed by atoms with Crippen molar-refractivity contribution in [3.63, 3.8) is 0 Å². The molecule has 1 aromatic rings. The zero-order chi connectivity index (χ0) is 19.6. The van der Waals surface area contributed by atoms with Crippen LogP contribution in [0.4, 0.5) is 0 Å². The van der Waals surface area contributed by atoms with Gasteiger partial charge in [0, 0.05) is 52.7 Å².